The lowest BCUT2D eigenvalue weighted by Crippen LogP contribution is -2.51. The first kappa shape index (κ1) is 16.8. The van der Waals surface area contributed by atoms with Crippen LogP contribution in [0.3, 0.4) is 0 Å². The van der Waals surface area contributed by atoms with Crippen molar-refractivity contribution in [2.24, 2.45) is 0 Å². The predicted octanol–water partition coefficient (Wildman–Crippen LogP) is 1.76. The van der Waals surface area contributed by atoms with Crippen molar-refractivity contribution in [3.8, 4) is 5.75 Å². The number of methoxy groups -OCH3 is 1. The molecule has 0 aliphatic carbocycles. The molecular weight excluding hydrogens is 280 g/mol. The number of carbonyl (C=O) groups is 1. The maximum Gasteiger partial charge on any atom is 0.236 e. The van der Waals surface area contributed by atoms with Crippen LogP contribution in [-0.2, 0) is 16.1 Å². The third-order valence-corrected chi connectivity index (χ3v) is 3.89. The topological polar surface area (TPSA) is 42.0 Å². The summed E-state index contributed by atoms with van der Waals surface area (Å²) in [6.07, 6.45) is 0. The molecule has 5 nitrogen and oxygen atoms in total. The SMILES string of the molecule is COc1ccccc1CN(C)C(=O)CN1CCOC(C)(C)C1. The van der Waals surface area contributed by atoms with Crippen molar-refractivity contribution in [3.63, 3.8) is 0 Å². The molecule has 1 aromatic carbocycles. The molecule has 1 saturated heterocycles. The highest BCUT2D eigenvalue weighted by atomic mass is 16.5. The van der Waals surface area contributed by atoms with Gasteiger partial charge in [0.2, 0.25) is 5.91 Å². The van der Waals surface area contributed by atoms with Gasteiger partial charge in [-0.1, -0.05) is 18.2 Å². The number of hydrogen-bond donors (Lipinski definition) is 0. The van der Waals surface area contributed by atoms with E-state index in [1.54, 1.807) is 12.0 Å². The van der Waals surface area contributed by atoms with Crippen LogP contribution in [0.15, 0.2) is 24.3 Å². The summed E-state index contributed by atoms with van der Waals surface area (Å²) in [7, 11) is 3.48. The van der Waals surface area contributed by atoms with E-state index in [1.165, 1.54) is 0 Å². The van der Waals surface area contributed by atoms with Crippen LogP contribution in [0.5, 0.6) is 5.75 Å². The van der Waals surface area contributed by atoms with E-state index < -0.39 is 0 Å². The van der Waals surface area contributed by atoms with Crippen LogP contribution >= 0.6 is 0 Å². The second-order valence-corrected chi connectivity index (χ2v) is 6.38. The van der Waals surface area contributed by atoms with Crippen molar-refractivity contribution >= 4 is 5.91 Å². The zero-order valence-electron chi connectivity index (χ0n) is 14.0. The van der Waals surface area contributed by atoms with Crippen LogP contribution in [0.4, 0.5) is 0 Å². The number of amides is 1. The number of rotatable bonds is 5. The van der Waals surface area contributed by atoms with E-state index >= 15 is 0 Å². The fraction of sp³-hybridized carbons (Fsp3) is 0.588. The first-order chi connectivity index (χ1) is 10.4. The zero-order valence-corrected chi connectivity index (χ0v) is 14.0. The van der Waals surface area contributed by atoms with Crippen LogP contribution < -0.4 is 4.74 Å². The standard InChI is InChI=1S/C17H26N2O3/c1-17(2)13-19(9-10-22-17)12-16(20)18(3)11-14-7-5-6-8-15(14)21-4/h5-8H,9-13H2,1-4H3. The number of benzene rings is 1. The molecule has 0 spiro atoms. The smallest absolute Gasteiger partial charge is 0.236 e. The molecule has 1 heterocycles. The Balaban J connectivity index is 1.92. The average molecular weight is 306 g/mol. The van der Waals surface area contributed by atoms with Crippen molar-refractivity contribution in [2.75, 3.05) is 40.4 Å². The molecule has 0 saturated carbocycles. The van der Waals surface area contributed by atoms with Crippen LogP contribution in [0.2, 0.25) is 0 Å². The summed E-state index contributed by atoms with van der Waals surface area (Å²) in [6.45, 7) is 7.36. The van der Waals surface area contributed by atoms with Crippen molar-refractivity contribution in [2.45, 2.75) is 26.0 Å². The summed E-state index contributed by atoms with van der Waals surface area (Å²) >= 11 is 0. The maximum atomic E-state index is 12.4. The minimum atomic E-state index is -0.181. The van der Waals surface area contributed by atoms with Crippen LogP contribution in [-0.4, -0.2) is 61.7 Å². The van der Waals surface area contributed by atoms with Crippen molar-refractivity contribution < 1.29 is 14.3 Å². The Bertz CT molecular complexity index is 516. The highest BCUT2D eigenvalue weighted by Gasteiger charge is 2.28. The monoisotopic (exact) mass is 306 g/mol. The first-order valence-corrected chi connectivity index (χ1v) is 7.63. The van der Waals surface area contributed by atoms with Gasteiger partial charge in [0.25, 0.3) is 0 Å². The molecule has 1 aliphatic rings. The summed E-state index contributed by atoms with van der Waals surface area (Å²) in [5.41, 5.74) is 0.836. The first-order valence-electron chi connectivity index (χ1n) is 7.63. The number of nitrogens with zero attached hydrogens (tertiary/aromatic N) is 2. The van der Waals surface area contributed by atoms with Gasteiger partial charge in [0.1, 0.15) is 5.75 Å². The van der Waals surface area contributed by atoms with E-state index in [1.807, 2.05) is 31.3 Å². The quantitative estimate of drug-likeness (QED) is 0.831. The highest BCUT2D eigenvalue weighted by Crippen LogP contribution is 2.19. The van der Waals surface area contributed by atoms with Crippen molar-refractivity contribution in [1.82, 2.24) is 9.80 Å². The maximum absolute atomic E-state index is 12.4. The molecule has 0 atom stereocenters. The number of likely N-dealkylation sites (N-methyl/N-ethyl adjacent to an activating group) is 1. The van der Waals surface area contributed by atoms with Crippen LogP contribution in [0, 0.1) is 0 Å². The molecule has 0 radical (unpaired) electrons. The molecule has 1 amide bonds. The molecule has 0 bridgehead atoms. The largest absolute Gasteiger partial charge is 0.496 e. The van der Waals surface area contributed by atoms with E-state index in [0.29, 0.717) is 19.7 Å². The summed E-state index contributed by atoms with van der Waals surface area (Å²) < 4.78 is 11.0. The second-order valence-electron chi connectivity index (χ2n) is 6.38. The summed E-state index contributed by atoms with van der Waals surface area (Å²) in [4.78, 5) is 16.3. The number of ether oxygens (including phenoxy) is 2. The third-order valence-electron chi connectivity index (χ3n) is 3.89. The number of hydrogen-bond acceptors (Lipinski definition) is 4. The lowest BCUT2D eigenvalue weighted by atomic mass is 10.1. The molecule has 22 heavy (non-hydrogen) atoms. The lowest BCUT2D eigenvalue weighted by Gasteiger charge is -2.38. The Kier molecular flexibility index (Phi) is 5.42. The van der Waals surface area contributed by atoms with Gasteiger partial charge >= 0.3 is 0 Å². The Hall–Kier alpha value is -1.59. The minimum Gasteiger partial charge on any atom is -0.496 e. The van der Waals surface area contributed by atoms with Gasteiger partial charge in [-0.2, -0.15) is 0 Å². The third kappa shape index (κ3) is 4.45. The molecule has 122 valence electrons. The van der Waals surface area contributed by atoms with Gasteiger partial charge in [-0.05, 0) is 19.9 Å². The molecule has 1 aromatic rings. The van der Waals surface area contributed by atoms with E-state index in [4.69, 9.17) is 9.47 Å². The molecule has 0 aromatic heterocycles. The van der Waals surface area contributed by atoms with Gasteiger partial charge in [0, 0.05) is 32.2 Å². The van der Waals surface area contributed by atoms with E-state index in [2.05, 4.69) is 18.7 Å². The van der Waals surface area contributed by atoms with Gasteiger partial charge in [-0.3, -0.25) is 9.69 Å². The van der Waals surface area contributed by atoms with Crippen molar-refractivity contribution in [1.29, 1.82) is 0 Å². The molecule has 1 aliphatic heterocycles. The van der Waals surface area contributed by atoms with E-state index in [9.17, 15) is 4.79 Å². The fourth-order valence-corrected chi connectivity index (χ4v) is 2.74. The zero-order chi connectivity index (χ0) is 16.2. The molecule has 0 unspecified atom stereocenters. The van der Waals surface area contributed by atoms with Crippen LogP contribution in [0.25, 0.3) is 0 Å². The molecule has 0 N–H and O–H groups in total. The molecular formula is C17H26N2O3. The highest BCUT2D eigenvalue weighted by molar-refractivity contribution is 5.78. The minimum absolute atomic E-state index is 0.114. The van der Waals surface area contributed by atoms with Crippen LogP contribution in [0.1, 0.15) is 19.4 Å². The second kappa shape index (κ2) is 7.11. The number of carbonyl (C=O) groups excluding carboxylic acids is 1. The number of morpholine rings is 1. The molecule has 5 heteroatoms. The Morgan fingerprint density at radius 2 is 2.14 bits per heavy atom. The fourth-order valence-electron chi connectivity index (χ4n) is 2.74. The normalized spacial score (nSPS) is 18.0. The van der Waals surface area contributed by atoms with Crippen molar-refractivity contribution in [3.05, 3.63) is 29.8 Å². The molecule has 1 fully saturated rings. The van der Waals surface area contributed by atoms with Gasteiger partial charge < -0.3 is 14.4 Å². The van der Waals surface area contributed by atoms with Gasteiger partial charge in [-0.15, -0.1) is 0 Å². The van der Waals surface area contributed by atoms with Gasteiger partial charge in [0.05, 0.1) is 25.9 Å². The Morgan fingerprint density at radius 1 is 1.41 bits per heavy atom. The predicted molar refractivity (Wildman–Crippen MR) is 85.9 cm³/mol. The van der Waals surface area contributed by atoms with E-state index in [-0.39, 0.29) is 11.5 Å². The summed E-state index contributed by atoms with van der Waals surface area (Å²) in [5, 5.41) is 0. The summed E-state index contributed by atoms with van der Waals surface area (Å²) in [6, 6.07) is 7.79. The van der Waals surface area contributed by atoms with Gasteiger partial charge in [-0.25, -0.2) is 0 Å². The number of para-hydroxylation sites is 1. The lowest BCUT2D eigenvalue weighted by molar-refractivity contribution is -0.136. The average Bonchev–Trinajstić information content (AvgIpc) is 2.46. The van der Waals surface area contributed by atoms with E-state index in [0.717, 1.165) is 24.4 Å². The van der Waals surface area contributed by atoms with Gasteiger partial charge in [0.15, 0.2) is 0 Å². The Morgan fingerprint density at radius 3 is 2.82 bits per heavy atom. The molecule has 2 rings (SSSR count). The summed E-state index contributed by atoms with van der Waals surface area (Å²) in [5.74, 6) is 0.929. The Labute approximate surface area is 132 Å².